The molecule has 0 fully saturated rings. The summed E-state index contributed by atoms with van der Waals surface area (Å²) in [6.45, 7) is 2.24. The van der Waals surface area contributed by atoms with Crippen molar-refractivity contribution in [1.29, 1.82) is 0 Å². The number of fused-ring (bicyclic) bond motifs is 1. The summed E-state index contributed by atoms with van der Waals surface area (Å²) in [4.78, 5) is 12.5. The summed E-state index contributed by atoms with van der Waals surface area (Å²) in [6, 6.07) is 13.6. The first-order valence-electron chi connectivity index (χ1n) is 9.32. The molecule has 3 aromatic rings. The smallest absolute Gasteiger partial charge is 0.416 e. The number of hydrogen-bond donors (Lipinski definition) is 1. The highest BCUT2D eigenvalue weighted by atomic mass is 19.4. The number of hydrogen-bond acceptors (Lipinski definition) is 3. The Morgan fingerprint density at radius 3 is 2.33 bits per heavy atom. The van der Waals surface area contributed by atoms with Crippen LogP contribution in [0.3, 0.4) is 0 Å². The average Bonchev–Trinajstić information content (AvgIpc) is 2.72. The molecule has 3 rings (SSSR count). The summed E-state index contributed by atoms with van der Waals surface area (Å²) < 4.78 is 49.1. The van der Waals surface area contributed by atoms with Gasteiger partial charge < -0.3 is 14.8 Å². The predicted octanol–water partition coefficient (Wildman–Crippen LogP) is 5.30. The lowest BCUT2D eigenvalue weighted by Crippen LogP contribution is -2.35. The molecule has 1 unspecified atom stereocenters. The minimum atomic E-state index is -4.39. The van der Waals surface area contributed by atoms with E-state index in [2.05, 4.69) is 5.32 Å². The number of nitrogens with one attached hydrogen (secondary N) is 1. The predicted molar refractivity (Wildman–Crippen MR) is 110 cm³/mol. The van der Waals surface area contributed by atoms with Gasteiger partial charge in [-0.25, -0.2) is 0 Å². The molecule has 1 N–H and O–H groups in total. The Morgan fingerprint density at radius 1 is 1.03 bits per heavy atom. The number of ether oxygens (including phenoxy) is 2. The summed E-state index contributed by atoms with van der Waals surface area (Å²) in [7, 11) is 3.08. The van der Waals surface area contributed by atoms with E-state index in [0.717, 1.165) is 28.5 Å². The topological polar surface area (TPSA) is 47.6 Å². The van der Waals surface area contributed by atoms with E-state index < -0.39 is 11.7 Å². The third-order valence-electron chi connectivity index (χ3n) is 4.74. The summed E-state index contributed by atoms with van der Waals surface area (Å²) in [5.41, 5.74) is 1.11. The molecule has 0 spiro atoms. The van der Waals surface area contributed by atoms with Crippen molar-refractivity contribution in [2.45, 2.75) is 19.1 Å². The van der Waals surface area contributed by atoms with Gasteiger partial charge in [0.05, 0.1) is 19.3 Å². The quantitative estimate of drug-likeness (QED) is 0.592. The highest BCUT2D eigenvalue weighted by Gasteiger charge is 2.30. The van der Waals surface area contributed by atoms with Crippen LogP contribution in [0, 0.1) is 0 Å². The van der Waals surface area contributed by atoms with Gasteiger partial charge in [0.25, 0.3) is 5.91 Å². The fourth-order valence-corrected chi connectivity index (χ4v) is 3.28. The van der Waals surface area contributed by atoms with E-state index in [4.69, 9.17) is 9.47 Å². The first-order chi connectivity index (χ1) is 14.2. The summed E-state index contributed by atoms with van der Waals surface area (Å²) >= 11 is 0. The van der Waals surface area contributed by atoms with Gasteiger partial charge in [-0.2, -0.15) is 13.2 Å². The van der Waals surface area contributed by atoms with Crippen molar-refractivity contribution in [3.05, 3.63) is 65.7 Å². The number of methoxy groups -OCH3 is 2. The Balaban J connectivity index is 2.02. The molecule has 0 bridgehead atoms. The van der Waals surface area contributed by atoms with Gasteiger partial charge in [-0.15, -0.1) is 0 Å². The van der Waals surface area contributed by atoms with E-state index in [1.165, 1.54) is 19.2 Å². The van der Waals surface area contributed by atoms with Gasteiger partial charge in [0.1, 0.15) is 5.75 Å². The van der Waals surface area contributed by atoms with E-state index in [1.54, 1.807) is 37.4 Å². The van der Waals surface area contributed by atoms with E-state index in [9.17, 15) is 18.0 Å². The molecular formula is C23H22F3NO3. The van der Waals surface area contributed by atoms with E-state index >= 15 is 0 Å². The standard InChI is InChI=1S/C23H22F3NO3/c1-14(13-29-2)27-22(28)16-6-9-20-17(10-16)11-19(30-3)12-21(20)15-4-7-18(8-5-15)23(24,25)26/h4-12,14H,13H2,1-3H3,(H,27,28). The Hall–Kier alpha value is -3.06. The van der Waals surface area contributed by atoms with Crippen LogP contribution in [0.25, 0.3) is 21.9 Å². The van der Waals surface area contributed by atoms with Crippen molar-refractivity contribution in [3.8, 4) is 16.9 Å². The molecule has 1 atom stereocenters. The largest absolute Gasteiger partial charge is 0.497 e. The number of benzene rings is 3. The van der Waals surface area contributed by atoms with Crippen molar-refractivity contribution in [3.63, 3.8) is 0 Å². The van der Waals surface area contributed by atoms with E-state index in [-0.39, 0.29) is 11.9 Å². The first kappa shape index (κ1) is 21.6. The highest BCUT2D eigenvalue weighted by molar-refractivity contribution is 6.03. The van der Waals surface area contributed by atoms with Crippen molar-refractivity contribution >= 4 is 16.7 Å². The lowest BCUT2D eigenvalue weighted by Gasteiger charge is -2.15. The van der Waals surface area contributed by atoms with Gasteiger partial charge >= 0.3 is 6.18 Å². The molecular weight excluding hydrogens is 395 g/mol. The molecule has 3 aromatic carbocycles. The number of alkyl halides is 3. The number of halogens is 3. The Morgan fingerprint density at radius 2 is 1.73 bits per heavy atom. The number of rotatable bonds is 6. The molecule has 0 saturated carbocycles. The van der Waals surface area contributed by atoms with Crippen molar-refractivity contribution < 1.29 is 27.4 Å². The molecule has 0 aromatic heterocycles. The van der Waals surface area contributed by atoms with E-state index in [1.807, 2.05) is 6.92 Å². The molecule has 158 valence electrons. The summed E-state index contributed by atoms with van der Waals surface area (Å²) in [5, 5.41) is 4.40. The third kappa shape index (κ3) is 4.74. The fraction of sp³-hybridized carbons (Fsp3) is 0.261. The molecule has 0 radical (unpaired) electrons. The van der Waals surface area contributed by atoms with Gasteiger partial charge in [-0.1, -0.05) is 18.2 Å². The van der Waals surface area contributed by atoms with Gasteiger partial charge in [-0.3, -0.25) is 4.79 Å². The van der Waals surface area contributed by atoms with Crippen molar-refractivity contribution in [2.24, 2.45) is 0 Å². The summed E-state index contributed by atoms with van der Waals surface area (Å²) in [5.74, 6) is 0.308. The van der Waals surface area contributed by atoms with Crippen LogP contribution in [0.2, 0.25) is 0 Å². The van der Waals surface area contributed by atoms with Crippen molar-refractivity contribution in [1.82, 2.24) is 5.32 Å². The molecule has 7 heteroatoms. The zero-order valence-electron chi connectivity index (χ0n) is 16.8. The molecule has 0 aliphatic rings. The average molecular weight is 417 g/mol. The number of amides is 1. The maximum absolute atomic E-state index is 12.9. The number of carbonyl (C=O) groups excluding carboxylic acids is 1. The molecule has 0 aliphatic heterocycles. The van der Waals surface area contributed by atoms with Crippen LogP contribution in [0.1, 0.15) is 22.8 Å². The lowest BCUT2D eigenvalue weighted by atomic mass is 9.95. The molecule has 1 amide bonds. The molecule has 0 saturated heterocycles. The second-order valence-corrected chi connectivity index (χ2v) is 7.02. The van der Waals surface area contributed by atoms with Crippen LogP contribution in [-0.2, 0) is 10.9 Å². The van der Waals surface area contributed by atoms with Gasteiger partial charge in [0.15, 0.2) is 0 Å². The van der Waals surface area contributed by atoms with Crippen LogP contribution in [0.4, 0.5) is 13.2 Å². The SMILES string of the molecule is COCC(C)NC(=O)c1ccc2c(-c3ccc(C(F)(F)F)cc3)cc(OC)cc2c1. The minimum Gasteiger partial charge on any atom is -0.497 e. The fourth-order valence-electron chi connectivity index (χ4n) is 3.28. The van der Waals surface area contributed by atoms with Crippen LogP contribution in [0.15, 0.2) is 54.6 Å². The van der Waals surface area contributed by atoms with Crippen LogP contribution < -0.4 is 10.1 Å². The second kappa shape index (κ2) is 8.75. The maximum Gasteiger partial charge on any atom is 0.416 e. The number of carbonyl (C=O) groups is 1. The monoisotopic (exact) mass is 417 g/mol. The zero-order valence-corrected chi connectivity index (χ0v) is 16.8. The molecule has 30 heavy (non-hydrogen) atoms. The minimum absolute atomic E-state index is 0.147. The van der Waals surface area contributed by atoms with Gasteiger partial charge in [0.2, 0.25) is 0 Å². The van der Waals surface area contributed by atoms with Gasteiger partial charge in [0, 0.05) is 18.7 Å². The molecule has 0 heterocycles. The van der Waals surface area contributed by atoms with Gasteiger partial charge in [-0.05, 0) is 65.2 Å². The third-order valence-corrected chi connectivity index (χ3v) is 4.74. The lowest BCUT2D eigenvalue weighted by molar-refractivity contribution is -0.137. The first-order valence-corrected chi connectivity index (χ1v) is 9.32. The Labute approximate surface area is 172 Å². The maximum atomic E-state index is 12.9. The van der Waals surface area contributed by atoms with Crippen LogP contribution in [0.5, 0.6) is 5.75 Å². The van der Waals surface area contributed by atoms with E-state index in [0.29, 0.717) is 23.5 Å². The van der Waals surface area contributed by atoms with Crippen LogP contribution in [-0.4, -0.2) is 32.8 Å². The van der Waals surface area contributed by atoms with Crippen LogP contribution >= 0.6 is 0 Å². The summed E-state index contributed by atoms with van der Waals surface area (Å²) in [6.07, 6.45) is -4.39. The molecule has 0 aliphatic carbocycles. The molecule has 4 nitrogen and oxygen atoms in total. The zero-order chi connectivity index (χ0) is 21.9. The Kier molecular flexibility index (Phi) is 6.31. The normalized spacial score (nSPS) is 12.6. The highest BCUT2D eigenvalue weighted by Crippen LogP contribution is 2.36. The van der Waals surface area contributed by atoms with Crippen molar-refractivity contribution in [2.75, 3.05) is 20.8 Å². The second-order valence-electron chi connectivity index (χ2n) is 7.02. The Bertz CT molecular complexity index is 1050.